The number of hydrogen-bond donors (Lipinski definition) is 1. The third kappa shape index (κ3) is 4.08. The summed E-state index contributed by atoms with van der Waals surface area (Å²) in [5.41, 5.74) is 2.75. The summed E-state index contributed by atoms with van der Waals surface area (Å²) in [6.07, 6.45) is 6.78. The normalized spacial score (nSPS) is 23.0. The Morgan fingerprint density at radius 2 is 1.95 bits per heavy atom. The van der Waals surface area contributed by atoms with Crippen LogP contribution in [-0.4, -0.2) is 30.6 Å². The maximum Gasteiger partial charge on any atom is 0.0473 e. The van der Waals surface area contributed by atoms with E-state index in [0.29, 0.717) is 12.1 Å². The maximum absolute atomic E-state index is 3.56. The Hall–Kier alpha value is -0.860. The Labute approximate surface area is 130 Å². The third-order valence-electron chi connectivity index (χ3n) is 5.05. The largest absolute Gasteiger partial charge is 0.312 e. The second kappa shape index (κ2) is 7.95. The molecule has 1 saturated heterocycles. The number of piperidine rings is 1. The highest BCUT2D eigenvalue weighted by molar-refractivity contribution is 5.25. The molecule has 1 aliphatic heterocycles. The summed E-state index contributed by atoms with van der Waals surface area (Å²) >= 11 is 0. The standard InChI is InChI=1S/C19H32N2/c1-5-8-18-9-6-7-14-21(18)16(3)19(20-4)17-12-10-15(2)11-13-17/h10-13,16,18-20H,5-9,14H2,1-4H3. The fourth-order valence-electron chi connectivity index (χ4n) is 3.85. The van der Waals surface area contributed by atoms with Crippen molar-refractivity contribution >= 4 is 0 Å². The van der Waals surface area contributed by atoms with Gasteiger partial charge in [0, 0.05) is 18.1 Å². The average Bonchev–Trinajstić information content (AvgIpc) is 2.50. The van der Waals surface area contributed by atoms with Gasteiger partial charge in [0.05, 0.1) is 0 Å². The monoisotopic (exact) mass is 288 g/mol. The minimum atomic E-state index is 0.419. The van der Waals surface area contributed by atoms with Crippen LogP contribution in [0.3, 0.4) is 0 Å². The lowest BCUT2D eigenvalue weighted by atomic mass is 9.92. The quantitative estimate of drug-likeness (QED) is 0.839. The van der Waals surface area contributed by atoms with Gasteiger partial charge in [-0.2, -0.15) is 0 Å². The molecule has 1 heterocycles. The second-order valence-electron chi connectivity index (χ2n) is 6.59. The number of hydrogen-bond acceptors (Lipinski definition) is 2. The van der Waals surface area contributed by atoms with Crippen LogP contribution in [-0.2, 0) is 0 Å². The van der Waals surface area contributed by atoms with Crippen molar-refractivity contribution in [2.75, 3.05) is 13.6 Å². The first-order valence-corrected chi connectivity index (χ1v) is 8.67. The zero-order chi connectivity index (χ0) is 15.2. The summed E-state index contributed by atoms with van der Waals surface area (Å²) < 4.78 is 0. The zero-order valence-electron chi connectivity index (χ0n) is 14.2. The van der Waals surface area contributed by atoms with Crippen LogP contribution in [0.15, 0.2) is 24.3 Å². The molecule has 2 nitrogen and oxygen atoms in total. The highest BCUT2D eigenvalue weighted by Gasteiger charge is 2.30. The minimum absolute atomic E-state index is 0.419. The van der Waals surface area contributed by atoms with E-state index in [2.05, 4.69) is 62.3 Å². The van der Waals surface area contributed by atoms with Crippen molar-refractivity contribution < 1.29 is 0 Å². The fraction of sp³-hybridized carbons (Fsp3) is 0.684. The number of aryl methyl sites for hydroxylation is 1. The molecular formula is C19H32N2. The summed E-state index contributed by atoms with van der Waals surface area (Å²) in [4.78, 5) is 2.76. The third-order valence-corrected chi connectivity index (χ3v) is 5.05. The van der Waals surface area contributed by atoms with Crippen LogP contribution in [0.4, 0.5) is 0 Å². The average molecular weight is 288 g/mol. The Bertz CT molecular complexity index is 410. The first-order valence-electron chi connectivity index (χ1n) is 8.67. The lowest BCUT2D eigenvalue weighted by Crippen LogP contribution is -2.49. The molecule has 21 heavy (non-hydrogen) atoms. The summed E-state index contributed by atoms with van der Waals surface area (Å²) in [6, 6.07) is 10.8. The van der Waals surface area contributed by atoms with Gasteiger partial charge in [-0.25, -0.2) is 0 Å². The van der Waals surface area contributed by atoms with E-state index in [-0.39, 0.29) is 0 Å². The van der Waals surface area contributed by atoms with Gasteiger partial charge in [0.2, 0.25) is 0 Å². The molecule has 3 unspecified atom stereocenters. The summed E-state index contributed by atoms with van der Waals surface area (Å²) in [6.45, 7) is 8.13. The van der Waals surface area contributed by atoms with Crippen LogP contribution in [0, 0.1) is 6.92 Å². The molecule has 0 saturated carbocycles. The van der Waals surface area contributed by atoms with Gasteiger partial charge in [-0.1, -0.05) is 49.6 Å². The second-order valence-corrected chi connectivity index (χ2v) is 6.59. The number of nitrogens with zero attached hydrogens (tertiary/aromatic N) is 1. The Kier molecular flexibility index (Phi) is 6.25. The van der Waals surface area contributed by atoms with Crippen LogP contribution in [0.2, 0.25) is 0 Å². The van der Waals surface area contributed by atoms with Gasteiger partial charge < -0.3 is 5.32 Å². The first kappa shape index (κ1) is 16.5. The Morgan fingerprint density at radius 3 is 2.57 bits per heavy atom. The van der Waals surface area contributed by atoms with E-state index in [9.17, 15) is 0 Å². The number of nitrogens with one attached hydrogen (secondary N) is 1. The summed E-state index contributed by atoms with van der Waals surface area (Å²) in [7, 11) is 2.10. The van der Waals surface area contributed by atoms with Gasteiger partial charge in [-0.05, 0) is 52.3 Å². The number of likely N-dealkylation sites (tertiary alicyclic amines) is 1. The van der Waals surface area contributed by atoms with Crippen molar-refractivity contribution in [2.24, 2.45) is 0 Å². The molecule has 0 amide bonds. The van der Waals surface area contributed by atoms with Crippen molar-refractivity contribution in [1.82, 2.24) is 10.2 Å². The van der Waals surface area contributed by atoms with Gasteiger partial charge in [0.15, 0.2) is 0 Å². The highest BCUT2D eigenvalue weighted by atomic mass is 15.2. The molecule has 2 rings (SSSR count). The van der Waals surface area contributed by atoms with Crippen molar-refractivity contribution in [3.63, 3.8) is 0 Å². The van der Waals surface area contributed by atoms with Crippen LogP contribution >= 0.6 is 0 Å². The van der Waals surface area contributed by atoms with Crippen molar-refractivity contribution in [2.45, 2.75) is 71.0 Å². The van der Waals surface area contributed by atoms with Gasteiger partial charge >= 0.3 is 0 Å². The predicted octanol–water partition coefficient (Wildman–Crippen LogP) is 4.30. The van der Waals surface area contributed by atoms with E-state index in [1.807, 2.05) is 0 Å². The molecule has 1 fully saturated rings. The maximum atomic E-state index is 3.56. The number of rotatable bonds is 6. The topological polar surface area (TPSA) is 15.3 Å². The lowest BCUT2D eigenvalue weighted by molar-refractivity contribution is 0.0768. The van der Waals surface area contributed by atoms with E-state index < -0.39 is 0 Å². The molecule has 1 aromatic carbocycles. The Balaban J connectivity index is 2.13. The summed E-state index contributed by atoms with van der Waals surface area (Å²) in [5.74, 6) is 0. The van der Waals surface area contributed by atoms with E-state index >= 15 is 0 Å². The number of likely N-dealkylation sites (N-methyl/N-ethyl adjacent to an activating group) is 1. The minimum Gasteiger partial charge on any atom is -0.312 e. The highest BCUT2D eigenvalue weighted by Crippen LogP contribution is 2.29. The fourth-order valence-corrected chi connectivity index (χ4v) is 3.85. The number of benzene rings is 1. The van der Waals surface area contributed by atoms with Crippen LogP contribution in [0.1, 0.15) is 63.1 Å². The SMILES string of the molecule is CCCC1CCCCN1C(C)C(NC)c1ccc(C)cc1. The van der Waals surface area contributed by atoms with Crippen molar-refractivity contribution in [1.29, 1.82) is 0 Å². The molecule has 1 aliphatic rings. The Morgan fingerprint density at radius 1 is 1.24 bits per heavy atom. The zero-order valence-corrected chi connectivity index (χ0v) is 14.2. The molecule has 0 aliphatic carbocycles. The van der Waals surface area contributed by atoms with Gasteiger partial charge in [-0.15, -0.1) is 0 Å². The first-order chi connectivity index (χ1) is 10.2. The van der Waals surface area contributed by atoms with Crippen molar-refractivity contribution in [3.8, 4) is 0 Å². The molecule has 118 valence electrons. The van der Waals surface area contributed by atoms with E-state index in [1.165, 1.54) is 49.8 Å². The van der Waals surface area contributed by atoms with E-state index in [0.717, 1.165) is 6.04 Å². The smallest absolute Gasteiger partial charge is 0.0473 e. The van der Waals surface area contributed by atoms with Crippen LogP contribution in [0.5, 0.6) is 0 Å². The molecule has 2 heteroatoms. The predicted molar refractivity (Wildman–Crippen MR) is 91.7 cm³/mol. The van der Waals surface area contributed by atoms with E-state index in [1.54, 1.807) is 0 Å². The lowest BCUT2D eigenvalue weighted by Gasteiger charge is -2.43. The van der Waals surface area contributed by atoms with Gasteiger partial charge in [-0.3, -0.25) is 4.90 Å². The molecule has 0 spiro atoms. The molecule has 0 bridgehead atoms. The molecule has 1 aromatic rings. The molecule has 3 atom stereocenters. The van der Waals surface area contributed by atoms with Crippen LogP contribution in [0.25, 0.3) is 0 Å². The van der Waals surface area contributed by atoms with Crippen LogP contribution < -0.4 is 5.32 Å². The molecular weight excluding hydrogens is 256 g/mol. The van der Waals surface area contributed by atoms with Crippen molar-refractivity contribution in [3.05, 3.63) is 35.4 Å². The summed E-state index contributed by atoms with van der Waals surface area (Å²) in [5, 5.41) is 3.56. The van der Waals surface area contributed by atoms with E-state index in [4.69, 9.17) is 0 Å². The molecule has 0 aromatic heterocycles. The van der Waals surface area contributed by atoms with Gasteiger partial charge in [0.25, 0.3) is 0 Å². The molecule has 1 N–H and O–H groups in total. The van der Waals surface area contributed by atoms with Gasteiger partial charge in [0.1, 0.15) is 0 Å². The molecule has 0 radical (unpaired) electrons.